The maximum Gasteiger partial charge on any atom is 0.0375 e. The highest BCUT2D eigenvalue weighted by Crippen LogP contribution is 2.23. The molecular formula is C14H24BrN3. The van der Waals surface area contributed by atoms with Crippen molar-refractivity contribution in [3.8, 4) is 0 Å². The Bertz CT molecular complexity index is 366. The molecule has 0 aromatic heterocycles. The topological polar surface area (TPSA) is 18.5 Å². The molecule has 0 amide bonds. The van der Waals surface area contributed by atoms with Crippen molar-refractivity contribution in [2.75, 3.05) is 46.2 Å². The summed E-state index contributed by atoms with van der Waals surface area (Å²) in [5.74, 6) is 0. The van der Waals surface area contributed by atoms with E-state index in [9.17, 15) is 0 Å². The molecule has 18 heavy (non-hydrogen) atoms. The molecule has 0 radical (unpaired) electrons. The first kappa shape index (κ1) is 15.5. The van der Waals surface area contributed by atoms with E-state index in [1.807, 2.05) is 7.05 Å². The van der Waals surface area contributed by atoms with Crippen molar-refractivity contribution in [2.45, 2.75) is 13.0 Å². The minimum absolute atomic E-state index is 0.894. The molecule has 1 N–H and O–H groups in total. The number of hydrogen-bond acceptors (Lipinski definition) is 3. The summed E-state index contributed by atoms with van der Waals surface area (Å²) in [6.45, 7) is 3.10. The lowest BCUT2D eigenvalue weighted by Crippen LogP contribution is -2.23. The molecular weight excluding hydrogens is 290 g/mol. The second-order valence-electron chi connectivity index (χ2n) is 4.88. The quantitative estimate of drug-likeness (QED) is 0.834. The Labute approximate surface area is 119 Å². The summed E-state index contributed by atoms with van der Waals surface area (Å²) in [7, 11) is 8.34. The fourth-order valence-electron chi connectivity index (χ4n) is 1.86. The van der Waals surface area contributed by atoms with Crippen LogP contribution in [0.4, 0.5) is 5.69 Å². The first-order valence-corrected chi connectivity index (χ1v) is 7.12. The monoisotopic (exact) mass is 313 g/mol. The number of hydrogen-bond donors (Lipinski definition) is 1. The zero-order chi connectivity index (χ0) is 13.5. The highest BCUT2D eigenvalue weighted by Gasteiger charge is 2.05. The van der Waals surface area contributed by atoms with Crippen molar-refractivity contribution in [1.82, 2.24) is 10.2 Å². The molecule has 1 rings (SSSR count). The van der Waals surface area contributed by atoms with Crippen molar-refractivity contribution in [1.29, 1.82) is 0 Å². The van der Waals surface area contributed by atoms with E-state index in [1.165, 1.54) is 22.1 Å². The Hall–Kier alpha value is -0.580. The predicted octanol–water partition coefficient (Wildman–Crippen LogP) is 2.56. The third kappa shape index (κ3) is 4.96. The number of benzene rings is 1. The van der Waals surface area contributed by atoms with Gasteiger partial charge in [-0.3, -0.25) is 0 Å². The average molecular weight is 314 g/mol. The highest BCUT2D eigenvalue weighted by molar-refractivity contribution is 9.10. The molecule has 0 unspecified atom stereocenters. The summed E-state index contributed by atoms with van der Waals surface area (Å²) in [6, 6.07) is 6.56. The van der Waals surface area contributed by atoms with Crippen LogP contribution in [0.2, 0.25) is 0 Å². The van der Waals surface area contributed by atoms with Crippen LogP contribution in [-0.4, -0.2) is 46.2 Å². The summed E-state index contributed by atoms with van der Waals surface area (Å²) >= 11 is 3.63. The van der Waals surface area contributed by atoms with Crippen LogP contribution >= 0.6 is 15.9 Å². The molecule has 0 aliphatic heterocycles. The minimum Gasteiger partial charge on any atom is -0.375 e. The van der Waals surface area contributed by atoms with E-state index in [1.54, 1.807) is 0 Å². The van der Waals surface area contributed by atoms with Crippen molar-refractivity contribution < 1.29 is 0 Å². The molecule has 4 heteroatoms. The Balaban J connectivity index is 2.57. The van der Waals surface area contributed by atoms with Crippen LogP contribution in [0.25, 0.3) is 0 Å². The molecule has 0 aliphatic rings. The zero-order valence-electron chi connectivity index (χ0n) is 11.8. The molecule has 0 saturated heterocycles. The van der Waals surface area contributed by atoms with Gasteiger partial charge in [0.25, 0.3) is 0 Å². The second-order valence-corrected chi connectivity index (χ2v) is 5.74. The van der Waals surface area contributed by atoms with Gasteiger partial charge in [-0.25, -0.2) is 0 Å². The van der Waals surface area contributed by atoms with Crippen LogP contribution in [0.5, 0.6) is 0 Å². The molecule has 0 aliphatic carbocycles. The Morgan fingerprint density at radius 1 is 1.17 bits per heavy atom. The molecule has 1 aromatic carbocycles. The lowest BCUT2D eigenvalue weighted by atomic mass is 10.2. The molecule has 3 nitrogen and oxygen atoms in total. The van der Waals surface area contributed by atoms with Gasteiger partial charge in [-0.05, 0) is 51.8 Å². The van der Waals surface area contributed by atoms with Crippen LogP contribution in [0.1, 0.15) is 12.0 Å². The van der Waals surface area contributed by atoms with Gasteiger partial charge in [-0.15, -0.1) is 0 Å². The van der Waals surface area contributed by atoms with Gasteiger partial charge in [0.15, 0.2) is 0 Å². The average Bonchev–Trinajstić information content (AvgIpc) is 2.31. The van der Waals surface area contributed by atoms with Crippen molar-refractivity contribution in [3.63, 3.8) is 0 Å². The number of nitrogens with zero attached hydrogens (tertiary/aromatic N) is 2. The maximum absolute atomic E-state index is 3.63. The smallest absolute Gasteiger partial charge is 0.0375 e. The first-order chi connectivity index (χ1) is 8.54. The van der Waals surface area contributed by atoms with Gasteiger partial charge < -0.3 is 15.1 Å². The number of anilines is 1. The second kappa shape index (κ2) is 7.77. The third-order valence-electron chi connectivity index (χ3n) is 2.94. The van der Waals surface area contributed by atoms with Gasteiger partial charge in [-0.2, -0.15) is 0 Å². The Morgan fingerprint density at radius 3 is 2.44 bits per heavy atom. The SMILES string of the molecule is CNCc1ccc(N(C)CCCN(C)C)cc1Br. The normalized spacial score (nSPS) is 11.0. The third-order valence-corrected chi connectivity index (χ3v) is 3.68. The summed E-state index contributed by atoms with van der Waals surface area (Å²) in [6.07, 6.45) is 1.18. The van der Waals surface area contributed by atoms with E-state index in [2.05, 4.69) is 70.4 Å². The van der Waals surface area contributed by atoms with Crippen molar-refractivity contribution >= 4 is 21.6 Å². The lowest BCUT2D eigenvalue weighted by molar-refractivity contribution is 0.401. The minimum atomic E-state index is 0.894. The van der Waals surface area contributed by atoms with E-state index in [0.29, 0.717) is 0 Å². The van der Waals surface area contributed by atoms with Crippen LogP contribution < -0.4 is 10.2 Å². The summed E-state index contributed by atoms with van der Waals surface area (Å²) in [4.78, 5) is 4.52. The van der Waals surface area contributed by atoms with Crippen LogP contribution in [-0.2, 0) is 6.54 Å². The number of rotatable bonds is 7. The fourth-order valence-corrected chi connectivity index (χ4v) is 2.37. The van der Waals surface area contributed by atoms with Crippen molar-refractivity contribution in [3.05, 3.63) is 28.2 Å². The molecule has 102 valence electrons. The zero-order valence-corrected chi connectivity index (χ0v) is 13.4. The van der Waals surface area contributed by atoms with Gasteiger partial charge in [0.1, 0.15) is 0 Å². The molecule has 1 aromatic rings. The van der Waals surface area contributed by atoms with Crippen LogP contribution in [0.15, 0.2) is 22.7 Å². The van der Waals surface area contributed by atoms with E-state index in [0.717, 1.165) is 19.6 Å². The fraction of sp³-hybridized carbons (Fsp3) is 0.571. The van der Waals surface area contributed by atoms with Gasteiger partial charge in [0, 0.05) is 30.3 Å². The number of halogens is 1. The molecule has 0 fully saturated rings. The molecule has 0 atom stereocenters. The standard InChI is InChI=1S/C14H24BrN3/c1-16-11-12-6-7-13(10-14(12)15)18(4)9-5-8-17(2)3/h6-7,10,16H,5,8-9,11H2,1-4H3. The molecule has 0 saturated carbocycles. The molecule has 0 spiro atoms. The highest BCUT2D eigenvalue weighted by atomic mass is 79.9. The van der Waals surface area contributed by atoms with E-state index >= 15 is 0 Å². The van der Waals surface area contributed by atoms with Gasteiger partial charge in [0.05, 0.1) is 0 Å². The lowest BCUT2D eigenvalue weighted by Gasteiger charge is -2.21. The van der Waals surface area contributed by atoms with E-state index in [4.69, 9.17) is 0 Å². The largest absolute Gasteiger partial charge is 0.375 e. The van der Waals surface area contributed by atoms with Crippen LogP contribution in [0, 0.1) is 0 Å². The Kier molecular flexibility index (Phi) is 6.68. The van der Waals surface area contributed by atoms with Gasteiger partial charge in [0.2, 0.25) is 0 Å². The Morgan fingerprint density at radius 2 is 1.89 bits per heavy atom. The van der Waals surface area contributed by atoms with Crippen LogP contribution in [0.3, 0.4) is 0 Å². The summed E-state index contributed by atoms with van der Waals surface area (Å²) in [5, 5.41) is 3.17. The molecule has 0 heterocycles. The maximum atomic E-state index is 3.63. The van der Waals surface area contributed by atoms with Gasteiger partial charge in [-0.1, -0.05) is 22.0 Å². The van der Waals surface area contributed by atoms with Crippen molar-refractivity contribution in [2.24, 2.45) is 0 Å². The molecule has 0 bridgehead atoms. The van der Waals surface area contributed by atoms with Gasteiger partial charge >= 0.3 is 0 Å². The first-order valence-electron chi connectivity index (χ1n) is 6.33. The predicted molar refractivity (Wildman–Crippen MR) is 83.3 cm³/mol. The van der Waals surface area contributed by atoms with E-state index in [-0.39, 0.29) is 0 Å². The number of nitrogens with one attached hydrogen (secondary N) is 1. The summed E-state index contributed by atoms with van der Waals surface area (Å²) < 4.78 is 1.17. The van der Waals surface area contributed by atoms with E-state index < -0.39 is 0 Å². The summed E-state index contributed by atoms with van der Waals surface area (Å²) in [5.41, 5.74) is 2.56.